The van der Waals surface area contributed by atoms with E-state index >= 15 is 4.79 Å². The van der Waals surface area contributed by atoms with Crippen molar-refractivity contribution in [3.63, 3.8) is 0 Å². The number of nitrogens with one attached hydrogen (secondary N) is 4. The molecular weight excluding hydrogens is 1030 g/mol. The molecule has 0 fully saturated rings. The van der Waals surface area contributed by atoms with E-state index in [1.54, 1.807) is 32.4 Å². The summed E-state index contributed by atoms with van der Waals surface area (Å²) in [6, 6.07) is 72.4. The molecule has 0 saturated heterocycles. The molecule has 3 amide bonds. The van der Waals surface area contributed by atoms with Crippen molar-refractivity contribution in [1.82, 2.24) is 21.3 Å². The van der Waals surface area contributed by atoms with Gasteiger partial charge in [0.1, 0.15) is 29.9 Å². The van der Waals surface area contributed by atoms with Crippen LogP contribution in [-0.4, -0.2) is 57.9 Å². The van der Waals surface area contributed by atoms with Crippen LogP contribution in [0.3, 0.4) is 0 Å². The molecule has 0 aromatic heterocycles. The summed E-state index contributed by atoms with van der Waals surface area (Å²) in [6.45, 7) is 6.45. The lowest BCUT2D eigenvalue weighted by atomic mass is 9.76. The predicted octanol–water partition coefficient (Wildman–Crippen LogP) is 13.4. The number of amides is 3. The second kappa shape index (κ2) is 26.4. The average Bonchev–Trinajstić information content (AvgIpc) is 3.91. The number of carbonyl (C=O) groups excluding carboxylic acids is 3. The van der Waals surface area contributed by atoms with E-state index in [1.807, 2.05) is 147 Å². The predicted molar refractivity (Wildman–Crippen MR) is 327 cm³/mol. The number of carbonyl (C=O) groups is 3. The summed E-state index contributed by atoms with van der Waals surface area (Å²) in [6.07, 6.45) is 0.00449. The second-order valence-electron chi connectivity index (χ2n) is 21.2. The zero-order valence-electron chi connectivity index (χ0n) is 47.6. The second-order valence-corrected chi connectivity index (χ2v) is 21.2. The Kier molecular flexibility index (Phi) is 18.1. The van der Waals surface area contributed by atoms with E-state index in [0.29, 0.717) is 41.3 Å². The fourth-order valence-electron chi connectivity index (χ4n) is 11.2. The molecule has 9 aromatic carbocycles. The van der Waals surface area contributed by atoms with Crippen LogP contribution in [0, 0.1) is 20.8 Å². The summed E-state index contributed by atoms with van der Waals surface area (Å²) in [5.41, 5.74) is 13.4. The van der Waals surface area contributed by atoms with E-state index in [9.17, 15) is 9.59 Å². The third-order valence-corrected chi connectivity index (χ3v) is 15.7. The molecule has 2 atom stereocenters. The number of aryl methyl sites for hydroxylation is 3. The van der Waals surface area contributed by atoms with Crippen LogP contribution in [0.4, 0.5) is 4.79 Å². The number of hydrogen-bond acceptors (Lipinski definition) is 8. The summed E-state index contributed by atoms with van der Waals surface area (Å²) in [4.78, 5) is 43.2. The molecule has 11 nitrogen and oxygen atoms in total. The number of methoxy groups -OCH3 is 2. The zero-order valence-corrected chi connectivity index (χ0v) is 47.6. The first-order valence-electron chi connectivity index (χ1n) is 28.2. The highest BCUT2D eigenvalue weighted by Crippen LogP contribution is 2.45. The van der Waals surface area contributed by atoms with Crippen molar-refractivity contribution in [3.8, 4) is 28.4 Å². The van der Waals surface area contributed by atoms with Crippen LogP contribution >= 0.6 is 0 Å². The Morgan fingerprint density at radius 1 is 0.506 bits per heavy atom. The summed E-state index contributed by atoms with van der Waals surface area (Å²) < 4.78 is 23.8. The number of benzene rings is 9. The van der Waals surface area contributed by atoms with Crippen molar-refractivity contribution in [2.24, 2.45) is 0 Å². The van der Waals surface area contributed by atoms with Crippen LogP contribution in [0.2, 0.25) is 0 Å². The Labute approximate surface area is 487 Å². The topological polar surface area (TPSA) is 136 Å². The average molecular weight is 1100 g/mol. The van der Waals surface area contributed by atoms with E-state index in [0.717, 1.165) is 66.8 Å². The van der Waals surface area contributed by atoms with E-state index in [1.165, 1.54) is 0 Å². The quantitative estimate of drug-likeness (QED) is 0.0367. The van der Waals surface area contributed by atoms with Crippen molar-refractivity contribution in [2.75, 3.05) is 34.0 Å². The minimum atomic E-state index is -1.05. The van der Waals surface area contributed by atoms with E-state index in [2.05, 4.69) is 101 Å². The Morgan fingerprint density at radius 3 is 1.55 bits per heavy atom. The van der Waals surface area contributed by atoms with Crippen LogP contribution < -0.4 is 35.5 Å². The number of ether oxygens (including phenoxy) is 4. The molecule has 1 aliphatic rings. The molecule has 0 bridgehead atoms. The molecule has 0 aliphatic heterocycles. The molecule has 0 heterocycles. The molecule has 1 aliphatic carbocycles. The van der Waals surface area contributed by atoms with Gasteiger partial charge in [-0.15, -0.1) is 0 Å². The van der Waals surface area contributed by atoms with Crippen molar-refractivity contribution in [2.45, 2.75) is 63.2 Å². The molecule has 0 radical (unpaired) electrons. The first kappa shape index (κ1) is 56.8. The fraction of sp³-hybridized carbons (Fsp3) is 0.208. The minimum Gasteiger partial charge on any atom is -0.497 e. The monoisotopic (exact) mass is 1100 g/mol. The molecule has 1 unspecified atom stereocenters. The molecule has 11 heteroatoms. The smallest absolute Gasteiger partial charge is 0.407 e. The Balaban J connectivity index is 0.912. The molecule has 420 valence electrons. The van der Waals surface area contributed by atoms with E-state index < -0.39 is 29.6 Å². The minimum absolute atomic E-state index is 0.0742. The number of rotatable bonds is 23. The van der Waals surface area contributed by atoms with Gasteiger partial charge in [0, 0.05) is 17.5 Å². The molecule has 0 saturated carbocycles. The maximum absolute atomic E-state index is 15.3. The largest absolute Gasteiger partial charge is 0.497 e. The molecule has 0 spiro atoms. The third-order valence-electron chi connectivity index (χ3n) is 15.7. The van der Waals surface area contributed by atoms with Crippen LogP contribution in [0.5, 0.6) is 17.2 Å². The normalized spacial score (nSPS) is 12.6. The first-order chi connectivity index (χ1) is 40.5. The van der Waals surface area contributed by atoms with Crippen molar-refractivity contribution in [1.29, 1.82) is 0 Å². The van der Waals surface area contributed by atoms with E-state index in [4.69, 9.17) is 18.9 Å². The van der Waals surface area contributed by atoms with Gasteiger partial charge in [0.05, 0.1) is 31.8 Å². The molecule has 9 aromatic rings. The lowest BCUT2D eigenvalue weighted by Gasteiger charge is -2.37. The van der Waals surface area contributed by atoms with Gasteiger partial charge in [0.2, 0.25) is 5.91 Å². The first-order valence-corrected chi connectivity index (χ1v) is 28.2. The molecule has 10 rings (SSSR count). The van der Waals surface area contributed by atoms with Gasteiger partial charge in [0.15, 0.2) is 6.61 Å². The standard InChI is InChI=1S/C72H70N4O7/c1-48-26-32-51(33-27-48)68(52-34-28-49(2)29-35-52)75-67(77)47-82-57-40-36-53(37-41-57)69(63-43-42-58(80-4)45-66(63)81-5)76-70(78)65(74-71(79)83-46-64-61-23-14-12-21-59(61)60-22-13-15-24-62(60)64)25-16-44-73-72(54-17-8-6-9-18-54,55-19-10-7-11-20-55)56-38-30-50(3)31-39-56/h6-15,17-24,26-43,45,64-65,68-69,73H,16,25,44,46-47H2,1-5H3,(H,74,79)(H,75,77)(H,76,78)/t65-,69?/m0/s1. The Morgan fingerprint density at radius 2 is 1.00 bits per heavy atom. The summed E-state index contributed by atoms with van der Waals surface area (Å²) in [5.74, 6) is 0.582. The Bertz CT molecular complexity index is 3500. The fourth-order valence-corrected chi connectivity index (χ4v) is 11.2. The van der Waals surface area contributed by atoms with Crippen molar-refractivity contribution < 1.29 is 33.3 Å². The maximum atomic E-state index is 15.3. The van der Waals surface area contributed by atoms with E-state index in [-0.39, 0.29) is 37.5 Å². The zero-order chi connectivity index (χ0) is 57.7. The van der Waals surface area contributed by atoms with Gasteiger partial charge in [-0.25, -0.2) is 4.79 Å². The van der Waals surface area contributed by atoms with Gasteiger partial charge in [0.25, 0.3) is 5.91 Å². The van der Waals surface area contributed by atoms with Gasteiger partial charge in [-0.3, -0.25) is 14.9 Å². The number of hydrogen-bond donors (Lipinski definition) is 4. The summed E-state index contributed by atoms with van der Waals surface area (Å²) >= 11 is 0. The lowest BCUT2D eigenvalue weighted by molar-refractivity contribution is -0.124. The van der Waals surface area contributed by atoms with Crippen LogP contribution in [0.1, 0.15) is 97.6 Å². The van der Waals surface area contributed by atoms with Crippen LogP contribution in [0.15, 0.2) is 224 Å². The molecule has 4 N–H and O–H groups in total. The summed E-state index contributed by atoms with van der Waals surface area (Å²) in [7, 11) is 3.15. The van der Waals surface area contributed by atoms with Gasteiger partial charge in [-0.1, -0.05) is 211 Å². The van der Waals surface area contributed by atoms with Gasteiger partial charge in [-0.2, -0.15) is 0 Å². The number of alkyl carbamates (subject to hydrolysis) is 1. The maximum Gasteiger partial charge on any atom is 0.407 e. The third kappa shape index (κ3) is 13.2. The van der Waals surface area contributed by atoms with Crippen LogP contribution in [0.25, 0.3) is 11.1 Å². The highest BCUT2D eigenvalue weighted by Gasteiger charge is 2.37. The lowest BCUT2D eigenvalue weighted by Crippen LogP contribution is -2.49. The van der Waals surface area contributed by atoms with Crippen molar-refractivity contribution >= 4 is 17.9 Å². The Hall–Kier alpha value is -9.45. The summed E-state index contributed by atoms with van der Waals surface area (Å²) in [5, 5.41) is 13.4. The number of fused-ring (bicyclic) bond motifs is 3. The van der Waals surface area contributed by atoms with Crippen LogP contribution in [-0.2, 0) is 19.9 Å². The molecule has 83 heavy (non-hydrogen) atoms. The van der Waals surface area contributed by atoms with Gasteiger partial charge in [-0.05, 0) is 120 Å². The SMILES string of the molecule is COc1ccc(C(NC(=O)[C@H](CCCNC(c2ccccc2)(c2ccccc2)c2ccc(C)cc2)NC(=O)OCC2c3ccccc3-c3ccccc32)c2ccc(OCC(=O)NC(c3ccc(C)cc3)c3ccc(C)cc3)cc2)c(OC)c1. The van der Waals surface area contributed by atoms with Gasteiger partial charge < -0.3 is 34.9 Å². The molecular formula is C72H70N4O7. The highest BCUT2D eigenvalue weighted by atomic mass is 16.5. The highest BCUT2D eigenvalue weighted by molar-refractivity contribution is 5.86. The van der Waals surface area contributed by atoms with Gasteiger partial charge >= 0.3 is 6.09 Å². The van der Waals surface area contributed by atoms with Crippen molar-refractivity contribution in [3.05, 3.63) is 291 Å².